The van der Waals surface area contributed by atoms with E-state index >= 15 is 0 Å². The van der Waals surface area contributed by atoms with Gasteiger partial charge in [-0.2, -0.15) is 13.5 Å². The summed E-state index contributed by atoms with van der Waals surface area (Å²) >= 11 is 0. The summed E-state index contributed by atoms with van der Waals surface area (Å²) in [7, 11) is -3.67. The van der Waals surface area contributed by atoms with Crippen molar-refractivity contribution in [2.24, 2.45) is 0 Å². The number of ether oxygens (including phenoxy) is 1. The van der Waals surface area contributed by atoms with Crippen molar-refractivity contribution in [2.75, 3.05) is 57.4 Å². The van der Waals surface area contributed by atoms with Gasteiger partial charge >= 0.3 is 0 Å². The molecule has 1 aromatic heterocycles. The molecule has 0 amide bonds. The third kappa shape index (κ3) is 7.66. The normalized spacial score (nSPS) is 12.2. The number of fused-ring (bicyclic) bond motifs is 2. The molecule has 0 bridgehead atoms. The summed E-state index contributed by atoms with van der Waals surface area (Å²) in [6, 6.07) is 9.19. The Labute approximate surface area is 229 Å². The number of hydrogen-bond acceptors (Lipinski definition) is 9. The van der Waals surface area contributed by atoms with Gasteiger partial charge in [0.15, 0.2) is 0 Å². The van der Waals surface area contributed by atoms with Crippen molar-refractivity contribution in [3.8, 4) is 17.0 Å². The zero-order chi connectivity index (χ0) is 28.7. The van der Waals surface area contributed by atoms with Crippen LogP contribution in [-0.4, -0.2) is 89.6 Å². The first-order valence-corrected chi connectivity index (χ1v) is 14.9. The summed E-state index contributed by atoms with van der Waals surface area (Å²) < 4.78 is 33.9. The highest BCUT2D eigenvalue weighted by molar-refractivity contribution is 7.85. The number of benzene rings is 2. The molecule has 0 aliphatic carbocycles. The maximum absolute atomic E-state index is 11.8. The number of rotatable bonds is 12. The van der Waals surface area contributed by atoms with Crippen LogP contribution in [0.5, 0.6) is 5.75 Å². The average Bonchev–Trinajstić information content (AvgIpc) is 3.26. The zero-order valence-corrected chi connectivity index (χ0v) is 24.0. The minimum absolute atomic E-state index is 0.0576. The molecule has 13 heteroatoms. The molecule has 0 atom stereocenters. The summed E-state index contributed by atoms with van der Waals surface area (Å²) in [5.41, 5.74) is 3.93. The molecule has 12 nitrogen and oxygen atoms in total. The van der Waals surface area contributed by atoms with E-state index in [9.17, 15) is 18.5 Å². The lowest BCUT2D eigenvalue weighted by atomic mass is 9.99. The van der Waals surface area contributed by atoms with Crippen LogP contribution >= 0.6 is 0 Å². The van der Waals surface area contributed by atoms with Gasteiger partial charge in [-0.15, -0.1) is 0 Å². The van der Waals surface area contributed by atoms with Gasteiger partial charge in [-0.3, -0.25) is 19.3 Å². The molecule has 0 saturated carbocycles. The van der Waals surface area contributed by atoms with E-state index in [2.05, 4.69) is 42.8 Å². The van der Waals surface area contributed by atoms with Gasteiger partial charge in [0.1, 0.15) is 23.7 Å². The van der Waals surface area contributed by atoms with Crippen LogP contribution in [0.3, 0.4) is 0 Å². The van der Waals surface area contributed by atoms with Crippen LogP contribution in [0.25, 0.3) is 22.2 Å². The lowest BCUT2D eigenvalue weighted by Gasteiger charge is -2.20. The quantitative estimate of drug-likeness (QED) is 0.146. The number of likely N-dealkylation sites (N-methyl/N-ethyl adjacent to an activating group) is 2. The number of hydrogen-bond donors (Lipinski definition) is 2. The van der Waals surface area contributed by atoms with Crippen molar-refractivity contribution in [3.63, 3.8) is 0 Å². The maximum Gasteiger partial charge on any atom is 0.293 e. The average molecular weight is 563 g/mol. The SMILES string of the molecule is CCN(CC)CCOc1ccc2c(c1)-c1nn(CCN(CC)CC)c3ccc([N+](=O)[O-])c(c13)N2.CS(=O)(=O)O. The van der Waals surface area contributed by atoms with Crippen LogP contribution in [0.2, 0.25) is 0 Å². The molecule has 0 saturated heterocycles. The second-order valence-corrected chi connectivity index (χ2v) is 10.6. The van der Waals surface area contributed by atoms with Crippen LogP contribution in [0.15, 0.2) is 30.3 Å². The van der Waals surface area contributed by atoms with E-state index < -0.39 is 10.1 Å². The molecule has 214 valence electrons. The van der Waals surface area contributed by atoms with E-state index in [-0.39, 0.29) is 10.6 Å². The van der Waals surface area contributed by atoms with Crippen LogP contribution in [0, 0.1) is 10.1 Å². The number of nitrogens with one attached hydrogen (secondary N) is 1. The van der Waals surface area contributed by atoms with Crippen LogP contribution in [-0.2, 0) is 16.7 Å². The molecule has 0 unspecified atom stereocenters. The van der Waals surface area contributed by atoms with Gasteiger partial charge in [0, 0.05) is 30.4 Å². The smallest absolute Gasteiger partial charge is 0.293 e. The molecule has 0 spiro atoms. The molecule has 2 heterocycles. The van der Waals surface area contributed by atoms with Crippen molar-refractivity contribution in [3.05, 3.63) is 40.4 Å². The van der Waals surface area contributed by atoms with Gasteiger partial charge in [0.05, 0.1) is 28.6 Å². The van der Waals surface area contributed by atoms with E-state index in [1.165, 1.54) is 0 Å². The Morgan fingerprint density at radius 3 is 2.26 bits per heavy atom. The second-order valence-electron chi connectivity index (χ2n) is 9.15. The monoisotopic (exact) mass is 562 g/mol. The number of nitrogens with zero attached hydrogens (tertiary/aromatic N) is 5. The fourth-order valence-corrected chi connectivity index (χ4v) is 4.56. The minimum atomic E-state index is -3.67. The van der Waals surface area contributed by atoms with Crippen LogP contribution in [0.4, 0.5) is 17.1 Å². The zero-order valence-electron chi connectivity index (χ0n) is 23.2. The van der Waals surface area contributed by atoms with E-state index in [4.69, 9.17) is 14.4 Å². The molecule has 1 aliphatic heterocycles. The third-order valence-electron chi connectivity index (χ3n) is 6.69. The topological polar surface area (TPSA) is 143 Å². The van der Waals surface area contributed by atoms with Crippen molar-refractivity contribution in [1.29, 1.82) is 0 Å². The van der Waals surface area contributed by atoms with Gasteiger partial charge in [0.2, 0.25) is 0 Å². The molecular weight excluding hydrogens is 524 g/mol. The van der Waals surface area contributed by atoms with E-state index in [1.807, 2.05) is 28.9 Å². The highest BCUT2D eigenvalue weighted by atomic mass is 32.2. The highest BCUT2D eigenvalue weighted by Crippen LogP contribution is 2.47. The Morgan fingerprint density at radius 2 is 1.67 bits per heavy atom. The number of nitro benzene ring substituents is 1. The predicted octanol–water partition coefficient (Wildman–Crippen LogP) is 4.23. The molecule has 1 aliphatic rings. The maximum atomic E-state index is 11.8. The lowest BCUT2D eigenvalue weighted by molar-refractivity contribution is -0.383. The molecule has 39 heavy (non-hydrogen) atoms. The molecule has 4 rings (SSSR count). The summed E-state index contributed by atoms with van der Waals surface area (Å²) in [6.45, 7) is 15.6. The standard InChI is InChI=1S/C25H34N6O3.CH4O3S/c1-5-28(6-2)13-14-30-21-11-12-22(31(32)33)25-23(21)24(27-30)19-17-18(9-10-20(19)26-25)34-16-15-29(7-3)8-4;1-5(2,3)4/h9-12,17,26H,5-8,13-16H2,1-4H3;1H3,(H,2,3,4). The molecule has 0 fully saturated rings. The summed E-state index contributed by atoms with van der Waals surface area (Å²) in [4.78, 5) is 16.1. The first-order chi connectivity index (χ1) is 18.5. The first-order valence-electron chi connectivity index (χ1n) is 13.1. The first kappa shape index (κ1) is 30.3. The summed E-state index contributed by atoms with van der Waals surface area (Å²) in [5, 5.41) is 20.8. The Balaban J connectivity index is 0.000000771. The Hall–Kier alpha value is -3.26. The van der Waals surface area contributed by atoms with Gasteiger partial charge in [-0.1, -0.05) is 27.7 Å². The Morgan fingerprint density at radius 1 is 1.05 bits per heavy atom. The van der Waals surface area contributed by atoms with E-state index in [0.717, 1.165) is 72.9 Å². The van der Waals surface area contributed by atoms with Crippen molar-refractivity contribution >= 4 is 38.1 Å². The molecule has 2 aromatic carbocycles. The van der Waals surface area contributed by atoms with Crippen LogP contribution < -0.4 is 10.1 Å². The largest absolute Gasteiger partial charge is 0.492 e. The summed E-state index contributed by atoms with van der Waals surface area (Å²) in [5.74, 6) is 0.771. The molecular formula is C26H38N6O6S. The van der Waals surface area contributed by atoms with E-state index in [0.29, 0.717) is 25.1 Å². The highest BCUT2D eigenvalue weighted by Gasteiger charge is 2.29. The minimum Gasteiger partial charge on any atom is -0.492 e. The fourth-order valence-electron chi connectivity index (χ4n) is 4.56. The van der Waals surface area contributed by atoms with Crippen LogP contribution in [0.1, 0.15) is 27.7 Å². The molecule has 3 aromatic rings. The molecule has 2 N–H and O–H groups in total. The lowest BCUT2D eigenvalue weighted by Crippen LogP contribution is -2.27. The Bertz CT molecular complexity index is 1390. The third-order valence-corrected chi connectivity index (χ3v) is 6.69. The number of anilines is 2. The Kier molecular flexibility index (Phi) is 10.2. The van der Waals surface area contributed by atoms with Gasteiger partial charge < -0.3 is 19.9 Å². The number of aromatic nitrogens is 2. The van der Waals surface area contributed by atoms with Crippen molar-refractivity contribution in [1.82, 2.24) is 19.6 Å². The second kappa shape index (κ2) is 13.2. The van der Waals surface area contributed by atoms with Gasteiger partial charge in [-0.25, -0.2) is 0 Å². The van der Waals surface area contributed by atoms with Gasteiger partial charge in [0.25, 0.3) is 15.8 Å². The van der Waals surface area contributed by atoms with E-state index in [1.54, 1.807) is 6.07 Å². The summed E-state index contributed by atoms with van der Waals surface area (Å²) in [6.07, 6.45) is 0.715. The fraction of sp³-hybridized carbons (Fsp3) is 0.500. The van der Waals surface area contributed by atoms with Gasteiger partial charge in [-0.05, 0) is 50.4 Å². The number of nitro groups is 1. The molecule has 0 radical (unpaired) electrons. The van der Waals surface area contributed by atoms with Crippen molar-refractivity contribution < 1.29 is 22.6 Å². The predicted molar refractivity (Wildman–Crippen MR) is 154 cm³/mol. The van der Waals surface area contributed by atoms with Crippen molar-refractivity contribution in [2.45, 2.75) is 34.2 Å².